The van der Waals surface area contributed by atoms with Gasteiger partial charge in [-0.2, -0.15) is 0 Å². The van der Waals surface area contributed by atoms with Gasteiger partial charge in [-0.25, -0.2) is 0 Å². The van der Waals surface area contributed by atoms with Gasteiger partial charge in [0.25, 0.3) is 0 Å². The first-order valence-corrected chi connectivity index (χ1v) is 6.93. The molecule has 0 amide bonds. The second kappa shape index (κ2) is 6.37. The lowest BCUT2D eigenvalue weighted by Gasteiger charge is -2.25. The molecule has 2 aliphatic rings. The molecule has 0 aromatic rings. The van der Waals surface area contributed by atoms with Gasteiger partial charge in [-0.3, -0.25) is 9.59 Å². The first-order valence-electron chi connectivity index (χ1n) is 6.93. The molecule has 4 unspecified atom stereocenters. The number of carbonyl (C=O) groups excluding carboxylic acids is 1. The van der Waals surface area contributed by atoms with E-state index in [1.165, 1.54) is 0 Å². The molecule has 1 saturated carbocycles. The van der Waals surface area contributed by atoms with Gasteiger partial charge in [0.05, 0.1) is 25.0 Å². The fourth-order valence-electron chi connectivity index (χ4n) is 3.04. The van der Waals surface area contributed by atoms with E-state index < -0.39 is 30.3 Å². The van der Waals surface area contributed by atoms with E-state index in [4.69, 9.17) is 14.2 Å². The number of carboxylic acids is 1. The molecule has 0 heterocycles. The summed E-state index contributed by atoms with van der Waals surface area (Å²) in [6, 6.07) is 0. The van der Waals surface area contributed by atoms with Crippen LogP contribution in [0.4, 0.5) is 0 Å². The smallest absolute Gasteiger partial charge is 0.318 e. The zero-order chi connectivity index (χ0) is 14.7. The number of fused-ring (bicyclic) bond motifs is 2. The summed E-state index contributed by atoms with van der Waals surface area (Å²) in [5, 5.41) is 9.29. The van der Waals surface area contributed by atoms with Crippen LogP contribution in [0.15, 0.2) is 12.2 Å². The number of carboxylic acid groups (broad SMARTS) is 1. The van der Waals surface area contributed by atoms with Crippen LogP contribution in [0.2, 0.25) is 0 Å². The molecule has 0 radical (unpaired) electrons. The van der Waals surface area contributed by atoms with Crippen LogP contribution in [0, 0.1) is 23.7 Å². The van der Waals surface area contributed by atoms with E-state index in [1.807, 2.05) is 12.2 Å². The number of rotatable bonds is 7. The maximum absolute atomic E-state index is 12.2. The third-order valence-corrected chi connectivity index (χ3v) is 3.83. The van der Waals surface area contributed by atoms with Crippen molar-refractivity contribution in [3.05, 3.63) is 12.2 Å². The Kier molecular flexibility index (Phi) is 4.77. The van der Waals surface area contributed by atoms with Gasteiger partial charge in [-0.15, -0.1) is 0 Å². The number of esters is 1. The van der Waals surface area contributed by atoms with Crippen LogP contribution >= 0.6 is 0 Å². The molecule has 2 aliphatic carbocycles. The molecule has 0 aliphatic heterocycles. The fraction of sp³-hybridized carbons (Fsp3) is 0.714. The predicted octanol–water partition coefficient (Wildman–Crippen LogP) is 1.41. The van der Waals surface area contributed by atoms with Crippen LogP contribution in [0.3, 0.4) is 0 Å². The summed E-state index contributed by atoms with van der Waals surface area (Å²) in [6.07, 6.45) is 4.49. The molecule has 1 N–H and O–H groups in total. The number of carbonyl (C=O) groups is 2. The third-order valence-electron chi connectivity index (χ3n) is 3.83. The standard InChI is InChI=1S/C14H20O6/c1-3-18-14(19-4-2)20-13(17)11-9-6-5-8(7-9)10(11)12(15)16/h5-6,8-11,14H,3-4,7H2,1-2H3,(H,15,16). The van der Waals surface area contributed by atoms with E-state index in [0.29, 0.717) is 19.6 Å². The van der Waals surface area contributed by atoms with Gasteiger partial charge in [-0.1, -0.05) is 12.2 Å². The Bertz CT molecular complexity index is 398. The highest BCUT2D eigenvalue weighted by Crippen LogP contribution is 2.48. The van der Waals surface area contributed by atoms with Gasteiger partial charge < -0.3 is 19.3 Å². The topological polar surface area (TPSA) is 82.1 Å². The Hall–Kier alpha value is -1.40. The van der Waals surface area contributed by atoms with Gasteiger partial charge in [0, 0.05) is 0 Å². The first-order chi connectivity index (χ1) is 9.58. The van der Waals surface area contributed by atoms with E-state index in [9.17, 15) is 14.7 Å². The molecule has 0 saturated heterocycles. The summed E-state index contributed by atoms with van der Waals surface area (Å²) in [5.74, 6) is -2.99. The Morgan fingerprint density at radius 2 is 1.70 bits per heavy atom. The molecule has 0 aromatic carbocycles. The largest absolute Gasteiger partial charge is 0.481 e. The van der Waals surface area contributed by atoms with Crippen molar-refractivity contribution in [1.29, 1.82) is 0 Å². The van der Waals surface area contributed by atoms with Crippen LogP contribution < -0.4 is 0 Å². The molecule has 0 aromatic heterocycles. The molecule has 2 rings (SSSR count). The average molecular weight is 284 g/mol. The summed E-state index contributed by atoms with van der Waals surface area (Å²) < 4.78 is 15.5. The molecule has 6 heteroatoms. The predicted molar refractivity (Wildman–Crippen MR) is 68.5 cm³/mol. The highest BCUT2D eigenvalue weighted by Gasteiger charge is 2.52. The number of hydrogen-bond donors (Lipinski definition) is 1. The van der Waals surface area contributed by atoms with Crippen molar-refractivity contribution < 1.29 is 28.9 Å². The Balaban J connectivity index is 2.04. The first kappa shape index (κ1) is 15.0. The highest BCUT2D eigenvalue weighted by molar-refractivity contribution is 5.83. The second-order valence-corrected chi connectivity index (χ2v) is 4.97. The second-order valence-electron chi connectivity index (χ2n) is 4.97. The van der Waals surface area contributed by atoms with Gasteiger partial charge in [0.1, 0.15) is 0 Å². The fourth-order valence-corrected chi connectivity index (χ4v) is 3.04. The quantitative estimate of drug-likeness (QED) is 0.432. The molecule has 112 valence electrons. The van der Waals surface area contributed by atoms with E-state index in [-0.39, 0.29) is 11.8 Å². The van der Waals surface area contributed by atoms with E-state index >= 15 is 0 Å². The van der Waals surface area contributed by atoms with Gasteiger partial charge >= 0.3 is 18.4 Å². The summed E-state index contributed by atoms with van der Waals surface area (Å²) >= 11 is 0. The number of allylic oxidation sites excluding steroid dienone is 2. The molecule has 20 heavy (non-hydrogen) atoms. The Morgan fingerprint density at radius 3 is 2.20 bits per heavy atom. The Labute approximate surface area is 117 Å². The lowest BCUT2D eigenvalue weighted by Crippen LogP contribution is -2.37. The van der Waals surface area contributed by atoms with Crippen molar-refractivity contribution in [1.82, 2.24) is 0 Å². The molecule has 0 spiro atoms. The minimum Gasteiger partial charge on any atom is -0.481 e. The summed E-state index contributed by atoms with van der Waals surface area (Å²) in [6.45, 7) is 3.16. The number of aliphatic carboxylic acids is 1. The van der Waals surface area contributed by atoms with Gasteiger partial charge in [-0.05, 0) is 32.1 Å². The van der Waals surface area contributed by atoms with Gasteiger partial charge in [0.15, 0.2) is 0 Å². The zero-order valence-electron chi connectivity index (χ0n) is 11.7. The third kappa shape index (κ3) is 2.86. The molecule has 2 bridgehead atoms. The molecular formula is C14H20O6. The van der Waals surface area contributed by atoms with Crippen molar-refractivity contribution in [2.45, 2.75) is 26.7 Å². The molecule has 4 atom stereocenters. The van der Waals surface area contributed by atoms with Crippen LogP contribution in [0.1, 0.15) is 20.3 Å². The lowest BCUT2D eigenvalue weighted by atomic mass is 9.83. The maximum atomic E-state index is 12.2. The van der Waals surface area contributed by atoms with E-state index in [2.05, 4.69) is 0 Å². The maximum Gasteiger partial charge on any atom is 0.318 e. The van der Waals surface area contributed by atoms with Crippen LogP contribution in [-0.2, 0) is 23.8 Å². The van der Waals surface area contributed by atoms with E-state index in [1.54, 1.807) is 13.8 Å². The number of ether oxygens (including phenoxy) is 3. The van der Waals surface area contributed by atoms with Crippen molar-refractivity contribution in [2.75, 3.05) is 13.2 Å². The average Bonchev–Trinajstić information content (AvgIpc) is 2.99. The van der Waals surface area contributed by atoms with Crippen molar-refractivity contribution in [3.8, 4) is 0 Å². The van der Waals surface area contributed by atoms with Crippen molar-refractivity contribution >= 4 is 11.9 Å². The van der Waals surface area contributed by atoms with Crippen LogP contribution in [-0.4, -0.2) is 36.7 Å². The zero-order valence-corrected chi connectivity index (χ0v) is 11.7. The SMILES string of the molecule is CCOC(OCC)OC(=O)C1C2C=CC(C2)C1C(=O)O. The minimum absolute atomic E-state index is 0.0579. The van der Waals surface area contributed by atoms with E-state index in [0.717, 1.165) is 0 Å². The van der Waals surface area contributed by atoms with Gasteiger partial charge in [0.2, 0.25) is 0 Å². The monoisotopic (exact) mass is 284 g/mol. The summed E-state index contributed by atoms with van der Waals surface area (Å²) in [7, 11) is 0. The normalized spacial score (nSPS) is 30.9. The minimum atomic E-state index is -1.06. The Morgan fingerprint density at radius 1 is 1.15 bits per heavy atom. The van der Waals surface area contributed by atoms with Crippen LogP contribution in [0.25, 0.3) is 0 Å². The van der Waals surface area contributed by atoms with Crippen molar-refractivity contribution in [3.63, 3.8) is 0 Å². The lowest BCUT2D eigenvalue weighted by molar-refractivity contribution is -0.275. The summed E-state index contributed by atoms with van der Waals surface area (Å²) in [5.41, 5.74) is 0. The highest BCUT2D eigenvalue weighted by atomic mass is 16.9. The molecule has 6 nitrogen and oxygen atoms in total. The molecular weight excluding hydrogens is 264 g/mol. The van der Waals surface area contributed by atoms with Crippen molar-refractivity contribution in [2.24, 2.45) is 23.7 Å². The summed E-state index contributed by atoms with van der Waals surface area (Å²) in [4.78, 5) is 23.6. The van der Waals surface area contributed by atoms with Crippen LogP contribution in [0.5, 0.6) is 0 Å². The molecule has 1 fully saturated rings. The number of hydrogen-bond acceptors (Lipinski definition) is 5.